The van der Waals surface area contributed by atoms with Crippen molar-refractivity contribution in [3.8, 4) is 0 Å². The highest BCUT2D eigenvalue weighted by Crippen LogP contribution is 2.26. The van der Waals surface area contributed by atoms with Gasteiger partial charge < -0.3 is 10.6 Å². The highest BCUT2D eigenvalue weighted by Gasteiger charge is 2.14. The number of fused-ring (bicyclic) bond motifs is 1. The number of nitrogens with zero attached hydrogens (tertiary/aromatic N) is 3. The molecule has 4 rings (SSSR count). The zero-order chi connectivity index (χ0) is 21.3. The normalized spacial score (nSPS) is 11.4. The van der Waals surface area contributed by atoms with Gasteiger partial charge in [0.2, 0.25) is 16.0 Å². The highest BCUT2D eigenvalue weighted by atomic mass is 32.2. The predicted octanol–water partition coefficient (Wildman–Crippen LogP) is 3.61. The number of benzene rings is 2. The van der Waals surface area contributed by atoms with Crippen LogP contribution in [-0.4, -0.2) is 23.4 Å². The molecule has 8 nitrogen and oxygen atoms in total. The van der Waals surface area contributed by atoms with Crippen molar-refractivity contribution in [2.45, 2.75) is 11.8 Å². The Bertz CT molecular complexity index is 1360. The first-order chi connectivity index (χ1) is 14.3. The van der Waals surface area contributed by atoms with E-state index in [1.165, 1.54) is 6.07 Å². The van der Waals surface area contributed by atoms with E-state index in [0.29, 0.717) is 22.5 Å². The van der Waals surface area contributed by atoms with E-state index in [1.807, 2.05) is 24.3 Å². The average molecular weight is 424 g/mol. The number of nitrogens with one attached hydrogen (secondary N) is 2. The first kappa shape index (κ1) is 19.7. The van der Waals surface area contributed by atoms with Crippen LogP contribution in [0.5, 0.6) is 0 Å². The van der Waals surface area contributed by atoms with Gasteiger partial charge in [0.05, 0.1) is 22.3 Å². The number of pyridine rings is 1. The topological polar surface area (TPSA) is 123 Å². The monoisotopic (exact) mass is 424 g/mol. The lowest BCUT2D eigenvalue weighted by Crippen LogP contribution is -2.14. The van der Waals surface area contributed by atoms with Crippen LogP contribution in [0, 0.1) is 12.7 Å². The molecule has 2 aromatic carbocycles. The number of aromatic nitrogens is 3. The number of primary sulfonamides is 1. The number of halogens is 1. The Hall–Kier alpha value is -3.63. The van der Waals surface area contributed by atoms with Gasteiger partial charge in [-0.1, -0.05) is 24.3 Å². The Labute approximate surface area is 172 Å². The maximum absolute atomic E-state index is 14.3. The number of rotatable bonds is 5. The van der Waals surface area contributed by atoms with Crippen molar-refractivity contribution < 1.29 is 12.8 Å². The van der Waals surface area contributed by atoms with Crippen LogP contribution in [0.1, 0.15) is 5.56 Å². The zero-order valence-corrected chi connectivity index (χ0v) is 16.6. The van der Waals surface area contributed by atoms with Gasteiger partial charge >= 0.3 is 0 Å². The SMILES string of the molecule is Cc1ccc(Nc2ncc(F)c(Nc3cccc4cccnc34)n2)cc1S(N)(=O)=O. The molecule has 0 aliphatic rings. The molecule has 0 aliphatic heterocycles. The van der Waals surface area contributed by atoms with Gasteiger partial charge in [-0.05, 0) is 36.8 Å². The zero-order valence-electron chi connectivity index (χ0n) is 15.8. The molecule has 0 aliphatic carbocycles. The third-order valence-electron chi connectivity index (χ3n) is 4.38. The smallest absolute Gasteiger partial charge is 0.238 e. The summed E-state index contributed by atoms with van der Waals surface area (Å²) in [7, 11) is -3.88. The Morgan fingerprint density at radius 1 is 1.03 bits per heavy atom. The summed E-state index contributed by atoms with van der Waals surface area (Å²) >= 11 is 0. The molecule has 4 aromatic rings. The lowest BCUT2D eigenvalue weighted by atomic mass is 10.2. The van der Waals surface area contributed by atoms with Gasteiger partial charge in [-0.25, -0.2) is 22.9 Å². The van der Waals surface area contributed by atoms with Crippen LogP contribution in [0.3, 0.4) is 0 Å². The quantitative estimate of drug-likeness (QED) is 0.447. The highest BCUT2D eigenvalue weighted by molar-refractivity contribution is 7.89. The van der Waals surface area contributed by atoms with Crippen molar-refractivity contribution in [2.75, 3.05) is 10.6 Å². The minimum Gasteiger partial charge on any atom is -0.336 e. The molecular weight excluding hydrogens is 407 g/mol. The van der Waals surface area contributed by atoms with Gasteiger partial charge in [-0.2, -0.15) is 4.98 Å². The van der Waals surface area contributed by atoms with Gasteiger partial charge in [0.15, 0.2) is 11.6 Å². The van der Waals surface area contributed by atoms with Crippen molar-refractivity contribution in [3.05, 3.63) is 72.3 Å². The molecule has 30 heavy (non-hydrogen) atoms. The Morgan fingerprint density at radius 3 is 2.63 bits per heavy atom. The molecule has 4 N–H and O–H groups in total. The van der Waals surface area contributed by atoms with Crippen molar-refractivity contribution in [1.82, 2.24) is 15.0 Å². The maximum Gasteiger partial charge on any atom is 0.238 e. The van der Waals surface area contributed by atoms with E-state index in [-0.39, 0.29) is 16.7 Å². The van der Waals surface area contributed by atoms with Crippen LogP contribution in [0.15, 0.2) is 65.8 Å². The number of nitrogens with two attached hydrogens (primary N) is 1. The van der Waals surface area contributed by atoms with Gasteiger partial charge in [-0.15, -0.1) is 0 Å². The first-order valence-electron chi connectivity index (χ1n) is 8.85. The van der Waals surface area contributed by atoms with E-state index in [4.69, 9.17) is 5.14 Å². The predicted molar refractivity (Wildman–Crippen MR) is 113 cm³/mol. The van der Waals surface area contributed by atoms with Gasteiger partial charge in [0.25, 0.3) is 0 Å². The van der Waals surface area contributed by atoms with Crippen LogP contribution in [0.4, 0.5) is 27.5 Å². The molecule has 0 amide bonds. The molecule has 152 valence electrons. The minimum atomic E-state index is -3.88. The summed E-state index contributed by atoms with van der Waals surface area (Å²) in [4.78, 5) is 12.4. The van der Waals surface area contributed by atoms with E-state index >= 15 is 0 Å². The summed E-state index contributed by atoms with van der Waals surface area (Å²) in [6.45, 7) is 1.64. The van der Waals surface area contributed by atoms with Gasteiger partial charge in [0.1, 0.15) is 0 Å². The fourth-order valence-corrected chi connectivity index (χ4v) is 3.77. The molecule has 0 bridgehead atoms. The van der Waals surface area contributed by atoms with Crippen LogP contribution < -0.4 is 15.8 Å². The summed E-state index contributed by atoms with van der Waals surface area (Å²) in [5, 5.41) is 11.9. The Morgan fingerprint density at radius 2 is 1.83 bits per heavy atom. The average Bonchev–Trinajstić information content (AvgIpc) is 2.71. The van der Waals surface area contributed by atoms with Crippen molar-refractivity contribution in [2.24, 2.45) is 5.14 Å². The second-order valence-corrected chi connectivity index (χ2v) is 8.08. The second kappa shape index (κ2) is 7.65. The number of hydrogen-bond acceptors (Lipinski definition) is 7. The summed E-state index contributed by atoms with van der Waals surface area (Å²) < 4.78 is 37.8. The molecular formula is C20H17FN6O2S. The molecule has 2 aromatic heterocycles. The number of para-hydroxylation sites is 1. The van der Waals surface area contributed by atoms with Crippen LogP contribution in [0.2, 0.25) is 0 Å². The summed E-state index contributed by atoms with van der Waals surface area (Å²) in [5.74, 6) is -0.622. The van der Waals surface area contributed by atoms with E-state index in [9.17, 15) is 12.8 Å². The molecule has 0 saturated carbocycles. The molecule has 0 unspecified atom stereocenters. The molecule has 0 atom stereocenters. The van der Waals surface area contributed by atoms with Gasteiger partial charge in [0, 0.05) is 17.3 Å². The molecule has 0 fully saturated rings. The van der Waals surface area contributed by atoms with Crippen molar-refractivity contribution in [1.29, 1.82) is 0 Å². The summed E-state index contributed by atoms with van der Waals surface area (Å²) in [6, 6.07) is 13.8. The van der Waals surface area contributed by atoms with Crippen LogP contribution in [-0.2, 0) is 10.0 Å². The van der Waals surface area contributed by atoms with Crippen molar-refractivity contribution >= 4 is 44.1 Å². The van der Waals surface area contributed by atoms with E-state index in [0.717, 1.165) is 11.6 Å². The maximum atomic E-state index is 14.3. The standard InChI is InChI=1S/C20H17FN6O2S/c1-12-7-8-14(10-17(12)30(22,28)29)25-20-24-11-15(21)19(27-20)26-16-6-2-4-13-5-3-9-23-18(13)16/h2-11H,1H3,(H2,22,28,29)(H2,24,25,26,27). The number of sulfonamides is 1. The fraction of sp³-hybridized carbons (Fsp3) is 0.0500. The Kier molecular flexibility index (Phi) is 5.02. The second-order valence-electron chi connectivity index (χ2n) is 6.55. The molecule has 0 spiro atoms. The number of hydrogen-bond donors (Lipinski definition) is 3. The first-order valence-corrected chi connectivity index (χ1v) is 10.4. The van der Waals surface area contributed by atoms with Crippen molar-refractivity contribution in [3.63, 3.8) is 0 Å². The van der Waals surface area contributed by atoms with E-state index < -0.39 is 15.8 Å². The fourth-order valence-electron chi connectivity index (χ4n) is 2.96. The largest absolute Gasteiger partial charge is 0.336 e. The summed E-state index contributed by atoms with van der Waals surface area (Å²) in [5.41, 5.74) is 2.16. The minimum absolute atomic E-state index is 0.0187. The van der Waals surface area contributed by atoms with Gasteiger partial charge in [-0.3, -0.25) is 4.98 Å². The Balaban J connectivity index is 1.66. The lowest BCUT2D eigenvalue weighted by Gasteiger charge is -2.12. The summed E-state index contributed by atoms with van der Waals surface area (Å²) in [6.07, 6.45) is 2.67. The lowest BCUT2D eigenvalue weighted by molar-refractivity contribution is 0.597. The molecule has 0 saturated heterocycles. The molecule has 0 radical (unpaired) electrons. The third kappa shape index (κ3) is 4.04. The number of anilines is 4. The van der Waals surface area contributed by atoms with E-state index in [2.05, 4.69) is 25.6 Å². The number of aryl methyl sites for hydroxylation is 1. The molecule has 2 heterocycles. The molecule has 10 heteroatoms. The van der Waals surface area contributed by atoms with Crippen LogP contribution >= 0.6 is 0 Å². The third-order valence-corrected chi connectivity index (χ3v) is 5.43. The van der Waals surface area contributed by atoms with Crippen LogP contribution in [0.25, 0.3) is 10.9 Å². The van der Waals surface area contributed by atoms with E-state index in [1.54, 1.807) is 31.3 Å².